The lowest BCUT2D eigenvalue weighted by Crippen LogP contribution is -2.34. The average molecular weight is 283 g/mol. The molecule has 0 aliphatic carbocycles. The SMILES string of the molecule is CNc1ccc(C(=O)NCC2Cc3ccccc3O2)nc1. The Labute approximate surface area is 123 Å². The lowest BCUT2D eigenvalue weighted by molar-refractivity contribution is 0.0928. The Kier molecular flexibility index (Phi) is 3.73. The van der Waals surface area contributed by atoms with Crippen LogP contribution in [0, 0.1) is 0 Å². The molecule has 0 fully saturated rings. The van der Waals surface area contributed by atoms with Crippen molar-refractivity contribution >= 4 is 11.6 Å². The molecule has 108 valence electrons. The van der Waals surface area contributed by atoms with Crippen LogP contribution in [-0.4, -0.2) is 30.6 Å². The van der Waals surface area contributed by atoms with E-state index in [1.165, 1.54) is 5.56 Å². The molecule has 5 heteroatoms. The van der Waals surface area contributed by atoms with Crippen molar-refractivity contribution in [3.05, 3.63) is 53.9 Å². The second-order valence-electron chi connectivity index (χ2n) is 4.94. The number of aromatic nitrogens is 1. The molecule has 1 aromatic carbocycles. The minimum Gasteiger partial charge on any atom is -0.488 e. The van der Waals surface area contributed by atoms with Crippen molar-refractivity contribution in [2.45, 2.75) is 12.5 Å². The number of ether oxygens (including phenoxy) is 1. The molecular formula is C16H17N3O2. The number of carbonyl (C=O) groups excluding carboxylic acids is 1. The maximum absolute atomic E-state index is 12.0. The minimum atomic E-state index is -0.183. The minimum absolute atomic E-state index is 0.0112. The number of carbonyl (C=O) groups is 1. The number of hydrogen-bond donors (Lipinski definition) is 2. The topological polar surface area (TPSA) is 63.2 Å². The number of pyridine rings is 1. The Balaban J connectivity index is 1.55. The third-order valence-electron chi connectivity index (χ3n) is 3.49. The number of fused-ring (bicyclic) bond motifs is 1. The number of anilines is 1. The molecule has 1 unspecified atom stereocenters. The number of rotatable bonds is 4. The lowest BCUT2D eigenvalue weighted by Gasteiger charge is -2.11. The van der Waals surface area contributed by atoms with Crippen molar-refractivity contribution in [1.82, 2.24) is 10.3 Å². The van der Waals surface area contributed by atoms with Crippen LogP contribution in [0.1, 0.15) is 16.1 Å². The van der Waals surface area contributed by atoms with E-state index in [1.807, 2.05) is 31.3 Å². The molecule has 2 aromatic rings. The third kappa shape index (κ3) is 2.97. The molecule has 2 N–H and O–H groups in total. The summed E-state index contributed by atoms with van der Waals surface area (Å²) < 4.78 is 5.78. The molecule has 1 amide bonds. The summed E-state index contributed by atoms with van der Waals surface area (Å²) in [7, 11) is 1.81. The van der Waals surface area contributed by atoms with Crippen LogP contribution in [0.3, 0.4) is 0 Å². The molecule has 0 saturated carbocycles. The van der Waals surface area contributed by atoms with E-state index in [0.29, 0.717) is 12.2 Å². The molecule has 0 saturated heterocycles. The van der Waals surface area contributed by atoms with E-state index in [-0.39, 0.29) is 12.0 Å². The van der Waals surface area contributed by atoms with Crippen LogP contribution >= 0.6 is 0 Å². The number of amides is 1. The summed E-state index contributed by atoms with van der Waals surface area (Å²) in [5.41, 5.74) is 2.47. The van der Waals surface area contributed by atoms with Crippen molar-refractivity contribution in [3.63, 3.8) is 0 Å². The van der Waals surface area contributed by atoms with Crippen molar-refractivity contribution < 1.29 is 9.53 Å². The van der Waals surface area contributed by atoms with Gasteiger partial charge < -0.3 is 15.4 Å². The summed E-state index contributed by atoms with van der Waals surface area (Å²) >= 11 is 0. The van der Waals surface area contributed by atoms with Gasteiger partial charge in [0, 0.05) is 13.5 Å². The highest BCUT2D eigenvalue weighted by Gasteiger charge is 2.22. The lowest BCUT2D eigenvalue weighted by atomic mass is 10.1. The Morgan fingerprint density at radius 2 is 2.19 bits per heavy atom. The zero-order valence-electron chi connectivity index (χ0n) is 11.8. The fourth-order valence-corrected chi connectivity index (χ4v) is 2.34. The fraction of sp³-hybridized carbons (Fsp3) is 0.250. The van der Waals surface area contributed by atoms with Gasteiger partial charge in [-0.3, -0.25) is 4.79 Å². The van der Waals surface area contributed by atoms with E-state index in [0.717, 1.165) is 17.9 Å². The van der Waals surface area contributed by atoms with Gasteiger partial charge in [-0.05, 0) is 23.8 Å². The molecule has 3 rings (SSSR count). The highest BCUT2D eigenvalue weighted by Crippen LogP contribution is 2.27. The molecule has 0 spiro atoms. The van der Waals surface area contributed by atoms with Crippen LogP contribution in [-0.2, 0) is 6.42 Å². The van der Waals surface area contributed by atoms with Crippen molar-refractivity contribution in [2.24, 2.45) is 0 Å². The summed E-state index contributed by atoms with van der Waals surface area (Å²) in [6.45, 7) is 0.475. The predicted molar refractivity (Wildman–Crippen MR) is 80.7 cm³/mol. The van der Waals surface area contributed by atoms with Crippen LogP contribution < -0.4 is 15.4 Å². The quantitative estimate of drug-likeness (QED) is 0.899. The van der Waals surface area contributed by atoms with E-state index in [1.54, 1.807) is 12.3 Å². The van der Waals surface area contributed by atoms with E-state index < -0.39 is 0 Å². The number of hydrogen-bond acceptors (Lipinski definition) is 4. The first-order chi connectivity index (χ1) is 10.3. The van der Waals surface area contributed by atoms with Gasteiger partial charge in [0.15, 0.2) is 0 Å². The molecular weight excluding hydrogens is 266 g/mol. The van der Waals surface area contributed by atoms with E-state index in [2.05, 4.69) is 21.7 Å². The third-order valence-corrected chi connectivity index (χ3v) is 3.49. The second kappa shape index (κ2) is 5.83. The molecule has 1 aliphatic rings. The van der Waals surface area contributed by atoms with Gasteiger partial charge in [0.05, 0.1) is 18.4 Å². The Morgan fingerprint density at radius 3 is 2.90 bits per heavy atom. The van der Waals surface area contributed by atoms with Crippen molar-refractivity contribution in [3.8, 4) is 5.75 Å². The number of nitrogens with one attached hydrogen (secondary N) is 2. The van der Waals surface area contributed by atoms with Gasteiger partial charge in [0.1, 0.15) is 17.5 Å². The molecule has 1 atom stereocenters. The van der Waals surface area contributed by atoms with Gasteiger partial charge >= 0.3 is 0 Å². The van der Waals surface area contributed by atoms with Crippen LogP contribution in [0.4, 0.5) is 5.69 Å². The molecule has 21 heavy (non-hydrogen) atoms. The first-order valence-electron chi connectivity index (χ1n) is 6.93. The summed E-state index contributed by atoms with van der Waals surface area (Å²) in [5, 5.41) is 5.83. The fourth-order valence-electron chi connectivity index (χ4n) is 2.34. The van der Waals surface area contributed by atoms with Gasteiger partial charge in [-0.2, -0.15) is 0 Å². The van der Waals surface area contributed by atoms with Crippen molar-refractivity contribution in [1.29, 1.82) is 0 Å². The normalized spacial score (nSPS) is 16.0. The largest absolute Gasteiger partial charge is 0.488 e. The zero-order valence-corrected chi connectivity index (χ0v) is 11.8. The van der Waals surface area contributed by atoms with E-state index in [9.17, 15) is 4.79 Å². The summed E-state index contributed by atoms with van der Waals surface area (Å²) in [5.74, 6) is 0.727. The monoisotopic (exact) mass is 283 g/mol. The maximum Gasteiger partial charge on any atom is 0.270 e. The standard InChI is InChI=1S/C16H17N3O2/c1-17-12-6-7-14(18-9-12)16(20)19-10-13-8-11-4-2-3-5-15(11)21-13/h2-7,9,13,17H,8,10H2,1H3,(H,19,20). The molecule has 0 radical (unpaired) electrons. The average Bonchev–Trinajstić information content (AvgIpc) is 2.95. The van der Waals surface area contributed by atoms with Gasteiger partial charge in [-0.15, -0.1) is 0 Å². The second-order valence-corrected chi connectivity index (χ2v) is 4.94. The first kappa shape index (κ1) is 13.4. The van der Waals surface area contributed by atoms with Crippen LogP contribution in [0.15, 0.2) is 42.6 Å². The zero-order chi connectivity index (χ0) is 14.7. The van der Waals surface area contributed by atoms with Gasteiger partial charge in [-0.25, -0.2) is 4.98 Å². The van der Waals surface area contributed by atoms with Gasteiger partial charge in [-0.1, -0.05) is 18.2 Å². The molecule has 0 bridgehead atoms. The first-order valence-corrected chi connectivity index (χ1v) is 6.93. The highest BCUT2D eigenvalue weighted by molar-refractivity contribution is 5.92. The van der Waals surface area contributed by atoms with Crippen molar-refractivity contribution in [2.75, 3.05) is 18.9 Å². The van der Waals surface area contributed by atoms with E-state index >= 15 is 0 Å². The number of benzene rings is 1. The van der Waals surface area contributed by atoms with Gasteiger partial charge in [0.2, 0.25) is 0 Å². The molecule has 5 nitrogen and oxygen atoms in total. The van der Waals surface area contributed by atoms with Crippen LogP contribution in [0.25, 0.3) is 0 Å². The smallest absolute Gasteiger partial charge is 0.270 e. The van der Waals surface area contributed by atoms with Crippen LogP contribution in [0.2, 0.25) is 0 Å². The highest BCUT2D eigenvalue weighted by atomic mass is 16.5. The Bertz CT molecular complexity index is 615. The number of nitrogens with zero attached hydrogens (tertiary/aromatic N) is 1. The molecule has 2 heterocycles. The summed E-state index contributed by atoms with van der Waals surface area (Å²) in [4.78, 5) is 16.1. The Hall–Kier alpha value is -2.56. The van der Waals surface area contributed by atoms with Crippen LogP contribution in [0.5, 0.6) is 5.75 Å². The molecule has 1 aliphatic heterocycles. The number of para-hydroxylation sites is 1. The summed E-state index contributed by atoms with van der Waals surface area (Å²) in [6.07, 6.45) is 2.45. The maximum atomic E-state index is 12.0. The Morgan fingerprint density at radius 1 is 1.33 bits per heavy atom. The van der Waals surface area contributed by atoms with Gasteiger partial charge in [0.25, 0.3) is 5.91 Å². The molecule has 1 aromatic heterocycles. The predicted octanol–water partition coefficient (Wildman–Crippen LogP) is 1.86. The summed E-state index contributed by atoms with van der Waals surface area (Å²) in [6, 6.07) is 11.5. The van der Waals surface area contributed by atoms with E-state index in [4.69, 9.17) is 4.74 Å².